The quantitative estimate of drug-likeness (QED) is 0.723. The zero-order valence-electron chi connectivity index (χ0n) is 8.37. The SMILES string of the molecule is Nc1cnc2ncc(Cc3cscn3)cn12. The van der Waals surface area contributed by atoms with E-state index in [4.69, 9.17) is 5.73 Å². The van der Waals surface area contributed by atoms with Crippen LogP contribution >= 0.6 is 11.3 Å². The number of nitrogens with two attached hydrogens (primary N) is 1. The molecular formula is C10H9N5S. The zero-order valence-corrected chi connectivity index (χ0v) is 9.18. The lowest BCUT2D eigenvalue weighted by atomic mass is 10.2. The molecule has 0 unspecified atom stereocenters. The Labute approximate surface area is 95.6 Å². The van der Waals surface area contributed by atoms with E-state index < -0.39 is 0 Å². The van der Waals surface area contributed by atoms with Crippen LogP contribution in [0, 0.1) is 0 Å². The smallest absolute Gasteiger partial charge is 0.235 e. The van der Waals surface area contributed by atoms with E-state index in [1.807, 2.05) is 17.1 Å². The molecule has 0 aliphatic carbocycles. The molecule has 0 spiro atoms. The molecule has 2 N–H and O–H groups in total. The largest absolute Gasteiger partial charge is 0.383 e. The van der Waals surface area contributed by atoms with E-state index in [9.17, 15) is 0 Å². The van der Waals surface area contributed by atoms with Crippen molar-refractivity contribution < 1.29 is 0 Å². The third kappa shape index (κ3) is 1.53. The van der Waals surface area contributed by atoms with Gasteiger partial charge in [0, 0.05) is 24.2 Å². The molecule has 0 aliphatic heterocycles. The second-order valence-corrected chi connectivity index (χ2v) is 4.19. The molecule has 16 heavy (non-hydrogen) atoms. The summed E-state index contributed by atoms with van der Waals surface area (Å²) in [5.41, 5.74) is 9.71. The minimum Gasteiger partial charge on any atom is -0.383 e. The van der Waals surface area contributed by atoms with Gasteiger partial charge in [-0.25, -0.2) is 15.0 Å². The van der Waals surface area contributed by atoms with E-state index in [1.54, 1.807) is 28.1 Å². The van der Waals surface area contributed by atoms with Crippen molar-refractivity contribution in [2.45, 2.75) is 6.42 Å². The van der Waals surface area contributed by atoms with Crippen LogP contribution in [-0.4, -0.2) is 19.4 Å². The number of imidazole rings is 1. The second kappa shape index (κ2) is 3.57. The fourth-order valence-corrected chi connectivity index (χ4v) is 2.11. The average molecular weight is 231 g/mol. The number of rotatable bonds is 2. The highest BCUT2D eigenvalue weighted by molar-refractivity contribution is 7.07. The highest BCUT2D eigenvalue weighted by Crippen LogP contribution is 2.11. The van der Waals surface area contributed by atoms with Crippen molar-refractivity contribution in [2.24, 2.45) is 0 Å². The number of hydrogen-bond donors (Lipinski definition) is 1. The molecule has 0 aromatic carbocycles. The van der Waals surface area contributed by atoms with Crippen molar-refractivity contribution in [2.75, 3.05) is 5.73 Å². The number of fused-ring (bicyclic) bond motifs is 1. The van der Waals surface area contributed by atoms with Crippen LogP contribution in [0.3, 0.4) is 0 Å². The fourth-order valence-electron chi connectivity index (χ4n) is 1.56. The van der Waals surface area contributed by atoms with E-state index >= 15 is 0 Å². The van der Waals surface area contributed by atoms with Gasteiger partial charge in [-0.15, -0.1) is 11.3 Å². The molecule has 0 radical (unpaired) electrons. The molecule has 3 heterocycles. The Morgan fingerprint density at radius 3 is 2.94 bits per heavy atom. The Bertz CT molecular complexity index is 613. The zero-order chi connectivity index (χ0) is 11.0. The summed E-state index contributed by atoms with van der Waals surface area (Å²) in [5.74, 6) is 1.22. The molecule has 0 fully saturated rings. The van der Waals surface area contributed by atoms with Crippen LogP contribution < -0.4 is 5.73 Å². The van der Waals surface area contributed by atoms with Crippen LogP contribution in [0.5, 0.6) is 0 Å². The van der Waals surface area contributed by atoms with Gasteiger partial charge in [0.1, 0.15) is 5.82 Å². The molecule has 6 heteroatoms. The lowest BCUT2D eigenvalue weighted by Crippen LogP contribution is -1.98. The van der Waals surface area contributed by atoms with Crippen molar-refractivity contribution in [3.05, 3.63) is 40.7 Å². The number of nitrogen functional groups attached to an aromatic ring is 1. The van der Waals surface area contributed by atoms with Crippen molar-refractivity contribution in [1.29, 1.82) is 0 Å². The van der Waals surface area contributed by atoms with Gasteiger partial charge in [0.2, 0.25) is 5.78 Å². The van der Waals surface area contributed by atoms with Gasteiger partial charge in [-0.3, -0.25) is 4.40 Å². The molecular weight excluding hydrogens is 222 g/mol. The van der Waals surface area contributed by atoms with Gasteiger partial charge < -0.3 is 5.73 Å². The number of anilines is 1. The van der Waals surface area contributed by atoms with Gasteiger partial charge in [0.05, 0.1) is 17.4 Å². The van der Waals surface area contributed by atoms with Gasteiger partial charge in [0.25, 0.3) is 0 Å². The molecule has 80 valence electrons. The molecule has 3 aromatic rings. The van der Waals surface area contributed by atoms with Gasteiger partial charge in [0.15, 0.2) is 0 Å². The summed E-state index contributed by atoms with van der Waals surface area (Å²) in [5, 5.41) is 2.03. The first kappa shape index (κ1) is 9.29. The van der Waals surface area contributed by atoms with Crippen LogP contribution in [0.1, 0.15) is 11.3 Å². The summed E-state index contributed by atoms with van der Waals surface area (Å²) in [6.07, 6.45) is 6.13. The number of aromatic nitrogens is 4. The molecule has 0 saturated heterocycles. The maximum Gasteiger partial charge on any atom is 0.235 e. The summed E-state index contributed by atoms with van der Waals surface area (Å²) in [7, 11) is 0. The Hall–Kier alpha value is -1.95. The molecule has 0 saturated carbocycles. The predicted octanol–water partition coefficient (Wildman–Crippen LogP) is 1.36. The molecule has 3 aromatic heterocycles. The summed E-state index contributed by atoms with van der Waals surface area (Å²) in [4.78, 5) is 12.5. The van der Waals surface area contributed by atoms with Gasteiger partial charge in [-0.05, 0) is 5.56 Å². The van der Waals surface area contributed by atoms with Crippen molar-refractivity contribution >= 4 is 22.9 Å². The highest BCUT2D eigenvalue weighted by atomic mass is 32.1. The van der Waals surface area contributed by atoms with E-state index in [0.717, 1.165) is 17.7 Å². The second-order valence-electron chi connectivity index (χ2n) is 3.47. The Morgan fingerprint density at radius 2 is 2.12 bits per heavy atom. The Morgan fingerprint density at radius 1 is 1.25 bits per heavy atom. The standard InChI is InChI=1S/C10H9N5S/c11-9-3-13-10-12-2-7(4-15(9)10)1-8-5-16-6-14-8/h2-6H,1,11H2. The topological polar surface area (TPSA) is 69.1 Å². The molecule has 0 atom stereocenters. The van der Waals surface area contributed by atoms with E-state index in [0.29, 0.717) is 11.6 Å². The fraction of sp³-hybridized carbons (Fsp3) is 0.100. The maximum absolute atomic E-state index is 5.77. The Kier molecular flexibility index (Phi) is 2.07. The minimum absolute atomic E-state index is 0.600. The third-order valence-corrected chi connectivity index (χ3v) is 2.95. The summed E-state index contributed by atoms with van der Waals surface area (Å²) in [6, 6.07) is 0. The van der Waals surface area contributed by atoms with Gasteiger partial charge in [-0.1, -0.05) is 0 Å². The van der Waals surface area contributed by atoms with Crippen molar-refractivity contribution in [3.63, 3.8) is 0 Å². The monoisotopic (exact) mass is 231 g/mol. The first-order valence-electron chi connectivity index (χ1n) is 4.77. The van der Waals surface area contributed by atoms with Crippen LogP contribution in [0.4, 0.5) is 5.82 Å². The van der Waals surface area contributed by atoms with E-state index in [1.165, 1.54) is 0 Å². The number of thiazole rings is 1. The normalized spacial score (nSPS) is 11.0. The third-order valence-electron chi connectivity index (χ3n) is 2.32. The summed E-state index contributed by atoms with van der Waals surface area (Å²) >= 11 is 1.59. The van der Waals surface area contributed by atoms with E-state index in [2.05, 4.69) is 15.0 Å². The van der Waals surface area contributed by atoms with Crippen molar-refractivity contribution in [1.82, 2.24) is 19.4 Å². The minimum atomic E-state index is 0.600. The lowest BCUT2D eigenvalue weighted by molar-refractivity contribution is 1.02. The molecule has 3 rings (SSSR count). The Balaban J connectivity index is 2.01. The van der Waals surface area contributed by atoms with E-state index in [-0.39, 0.29) is 0 Å². The van der Waals surface area contributed by atoms with Gasteiger partial charge in [-0.2, -0.15) is 0 Å². The van der Waals surface area contributed by atoms with Crippen molar-refractivity contribution in [3.8, 4) is 0 Å². The average Bonchev–Trinajstić information content (AvgIpc) is 2.90. The molecule has 0 bridgehead atoms. The van der Waals surface area contributed by atoms with Crippen LogP contribution in [0.15, 0.2) is 29.5 Å². The molecule has 5 nitrogen and oxygen atoms in total. The number of nitrogens with zero attached hydrogens (tertiary/aromatic N) is 4. The van der Waals surface area contributed by atoms with Crippen LogP contribution in [0.25, 0.3) is 5.78 Å². The highest BCUT2D eigenvalue weighted by Gasteiger charge is 2.03. The lowest BCUT2D eigenvalue weighted by Gasteiger charge is -2.00. The first-order valence-corrected chi connectivity index (χ1v) is 5.72. The predicted molar refractivity (Wildman–Crippen MR) is 62.3 cm³/mol. The first-order chi connectivity index (χ1) is 7.83. The summed E-state index contributed by atoms with van der Waals surface area (Å²) < 4.78 is 1.78. The van der Waals surface area contributed by atoms with Crippen LogP contribution in [0.2, 0.25) is 0 Å². The molecule has 0 amide bonds. The van der Waals surface area contributed by atoms with Crippen LogP contribution in [-0.2, 0) is 6.42 Å². The maximum atomic E-state index is 5.77. The number of hydrogen-bond acceptors (Lipinski definition) is 5. The summed E-state index contributed by atoms with van der Waals surface area (Å²) in [6.45, 7) is 0. The van der Waals surface area contributed by atoms with Gasteiger partial charge >= 0.3 is 0 Å². The molecule has 0 aliphatic rings.